The standard InChI is InChI=1S/C10H14N4O2/c1-16-7-8(6-15)12-9-3-5-14-10(13-9)2-4-11-14/h2-5,8,15H,6-7H2,1H3,(H,12,13). The van der Waals surface area contributed by atoms with Gasteiger partial charge in [0.25, 0.3) is 0 Å². The number of aromatic nitrogens is 3. The molecule has 2 rings (SSSR count). The number of ether oxygens (including phenoxy) is 1. The molecule has 2 N–H and O–H groups in total. The lowest BCUT2D eigenvalue weighted by molar-refractivity contribution is 0.153. The first-order valence-corrected chi connectivity index (χ1v) is 5.00. The van der Waals surface area contributed by atoms with E-state index in [-0.39, 0.29) is 12.6 Å². The van der Waals surface area contributed by atoms with Gasteiger partial charge >= 0.3 is 0 Å². The van der Waals surface area contributed by atoms with Gasteiger partial charge in [0, 0.05) is 19.4 Å². The lowest BCUT2D eigenvalue weighted by Gasteiger charge is -2.15. The van der Waals surface area contributed by atoms with E-state index in [4.69, 9.17) is 9.84 Å². The molecule has 1 atom stereocenters. The van der Waals surface area contributed by atoms with Gasteiger partial charge in [0.1, 0.15) is 5.82 Å². The summed E-state index contributed by atoms with van der Waals surface area (Å²) < 4.78 is 6.65. The van der Waals surface area contributed by atoms with Gasteiger partial charge in [0.15, 0.2) is 5.65 Å². The van der Waals surface area contributed by atoms with Crippen molar-refractivity contribution in [3.63, 3.8) is 0 Å². The van der Waals surface area contributed by atoms with E-state index in [1.54, 1.807) is 23.9 Å². The first-order chi connectivity index (χ1) is 7.83. The molecule has 16 heavy (non-hydrogen) atoms. The quantitative estimate of drug-likeness (QED) is 0.753. The Balaban J connectivity index is 2.13. The Kier molecular flexibility index (Phi) is 3.33. The van der Waals surface area contributed by atoms with Crippen LogP contribution >= 0.6 is 0 Å². The van der Waals surface area contributed by atoms with Crippen molar-refractivity contribution in [1.29, 1.82) is 0 Å². The number of nitrogens with one attached hydrogen (secondary N) is 1. The van der Waals surface area contributed by atoms with Crippen molar-refractivity contribution in [2.45, 2.75) is 6.04 Å². The molecule has 6 heteroatoms. The number of methoxy groups -OCH3 is 1. The van der Waals surface area contributed by atoms with Crippen molar-refractivity contribution in [3.05, 3.63) is 24.5 Å². The van der Waals surface area contributed by atoms with E-state index in [0.717, 1.165) is 5.65 Å². The molecule has 0 amide bonds. The molecule has 0 saturated carbocycles. The highest BCUT2D eigenvalue weighted by atomic mass is 16.5. The van der Waals surface area contributed by atoms with Crippen LogP contribution in [-0.2, 0) is 4.74 Å². The molecule has 0 spiro atoms. The van der Waals surface area contributed by atoms with Crippen molar-refractivity contribution in [2.75, 3.05) is 25.6 Å². The summed E-state index contributed by atoms with van der Waals surface area (Å²) in [5.74, 6) is 0.698. The van der Waals surface area contributed by atoms with Crippen molar-refractivity contribution < 1.29 is 9.84 Å². The van der Waals surface area contributed by atoms with E-state index in [0.29, 0.717) is 12.4 Å². The van der Waals surface area contributed by atoms with Crippen LogP contribution in [0.15, 0.2) is 24.5 Å². The van der Waals surface area contributed by atoms with Crippen LogP contribution in [0.25, 0.3) is 5.65 Å². The molecule has 2 aromatic heterocycles. The van der Waals surface area contributed by atoms with Crippen molar-refractivity contribution in [2.24, 2.45) is 0 Å². The third-order valence-corrected chi connectivity index (χ3v) is 2.20. The molecule has 0 radical (unpaired) electrons. The minimum absolute atomic E-state index is 0.0000378. The first kappa shape index (κ1) is 10.8. The second-order valence-corrected chi connectivity index (χ2v) is 3.43. The normalized spacial score (nSPS) is 12.9. The van der Waals surface area contributed by atoms with Crippen LogP contribution < -0.4 is 5.32 Å². The van der Waals surface area contributed by atoms with Gasteiger partial charge in [0.2, 0.25) is 0 Å². The van der Waals surface area contributed by atoms with E-state index < -0.39 is 0 Å². The Labute approximate surface area is 92.9 Å². The molecule has 86 valence electrons. The Bertz CT molecular complexity index is 457. The maximum Gasteiger partial charge on any atom is 0.157 e. The van der Waals surface area contributed by atoms with Gasteiger partial charge < -0.3 is 15.2 Å². The summed E-state index contributed by atoms with van der Waals surface area (Å²) in [5, 5.41) is 16.2. The summed E-state index contributed by atoms with van der Waals surface area (Å²) in [6.45, 7) is 0.433. The largest absolute Gasteiger partial charge is 0.394 e. The van der Waals surface area contributed by atoms with Gasteiger partial charge in [-0.25, -0.2) is 9.50 Å². The summed E-state index contributed by atoms with van der Waals surface area (Å²) in [6.07, 6.45) is 3.50. The molecule has 6 nitrogen and oxygen atoms in total. The van der Waals surface area contributed by atoms with Crippen LogP contribution in [0.4, 0.5) is 5.82 Å². The molecular formula is C10H14N4O2. The number of anilines is 1. The predicted molar refractivity (Wildman–Crippen MR) is 59.4 cm³/mol. The van der Waals surface area contributed by atoms with Crippen LogP contribution in [0.3, 0.4) is 0 Å². The smallest absolute Gasteiger partial charge is 0.157 e. The Morgan fingerprint density at radius 1 is 1.56 bits per heavy atom. The van der Waals surface area contributed by atoms with E-state index >= 15 is 0 Å². The van der Waals surface area contributed by atoms with Gasteiger partial charge in [-0.15, -0.1) is 0 Å². The maximum absolute atomic E-state index is 9.10. The molecule has 0 aliphatic carbocycles. The second kappa shape index (κ2) is 4.91. The highest BCUT2D eigenvalue weighted by Gasteiger charge is 2.07. The van der Waals surface area contributed by atoms with E-state index in [2.05, 4.69) is 15.4 Å². The number of hydrogen-bond acceptors (Lipinski definition) is 5. The van der Waals surface area contributed by atoms with Crippen LogP contribution in [-0.4, -0.2) is 46.1 Å². The van der Waals surface area contributed by atoms with Crippen LogP contribution in [0.2, 0.25) is 0 Å². The summed E-state index contributed by atoms with van der Waals surface area (Å²) in [6, 6.07) is 3.47. The van der Waals surface area contributed by atoms with Crippen LogP contribution in [0, 0.1) is 0 Å². The van der Waals surface area contributed by atoms with E-state index in [1.807, 2.05) is 12.3 Å². The number of hydrogen-bond donors (Lipinski definition) is 2. The monoisotopic (exact) mass is 222 g/mol. The number of fused-ring (bicyclic) bond motifs is 1. The zero-order valence-electron chi connectivity index (χ0n) is 9.00. The highest BCUT2D eigenvalue weighted by molar-refractivity contribution is 5.45. The zero-order valence-corrected chi connectivity index (χ0v) is 9.00. The van der Waals surface area contributed by atoms with Gasteiger partial charge in [-0.2, -0.15) is 5.10 Å². The summed E-state index contributed by atoms with van der Waals surface area (Å²) in [7, 11) is 1.60. The highest BCUT2D eigenvalue weighted by Crippen LogP contribution is 2.07. The molecule has 1 unspecified atom stereocenters. The lowest BCUT2D eigenvalue weighted by Crippen LogP contribution is -2.29. The SMILES string of the molecule is COCC(CO)Nc1ccn2nccc2n1. The van der Waals surface area contributed by atoms with Gasteiger partial charge in [-0.3, -0.25) is 0 Å². The van der Waals surface area contributed by atoms with Crippen molar-refractivity contribution in [3.8, 4) is 0 Å². The number of rotatable bonds is 5. The Morgan fingerprint density at radius 3 is 3.19 bits per heavy atom. The topological polar surface area (TPSA) is 71.7 Å². The number of aliphatic hydroxyl groups is 1. The average molecular weight is 222 g/mol. The molecule has 2 aromatic rings. The number of aliphatic hydroxyl groups excluding tert-OH is 1. The van der Waals surface area contributed by atoms with Gasteiger partial charge in [0.05, 0.1) is 25.5 Å². The van der Waals surface area contributed by atoms with Crippen molar-refractivity contribution >= 4 is 11.5 Å². The second-order valence-electron chi connectivity index (χ2n) is 3.43. The molecule has 0 aliphatic rings. The minimum Gasteiger partial charge on any atom is -0.394 e. The van der Waals surface area contributed by atoms with Gasteiger partial charge in [-0.1, -0.05) is 0 Å². The molecule has 0 saturated heterocycles. The van der Waals surface area contributed by atoms with Crippen LogP contribution in [0.1, 0.15) is 0 Å². The third kappa shape index (κ3) is 2.29. The zero-order chi connectivity index (χ0) is 11.4. The summed E-state index contributed by atoms with van der Waals surface area (Å²) in [5.41, 5.74) is 0.763. The minimum atomic E-state index is -0.150. The molecule has 2 heterocycles. The molecule has 0 bridgehead atoms. The maximum atomic E-state index is 9.10. The average Bonchev–Trinajstić information content (AvgIpc) is 2.75. The molecule has 0 fully saturated rings. The van der Waals surface area contributed by atoms with E-state index in [9.17, 15) is 0 Å². The molecular weight excluding hydrogens is 208 g/mol. The summed E-state index contributed by atoms with van der Waals surface area (Å²) in [4.78, 5) is 4.33. The van der Waals surface area contributed by atoms with Gasteiger partial charge in [-0.05, 0) is 6.07 Å². The third-order valence-electron chi connectivity index (χ3n) is 2.20. The fourth-order valence-electron chi connectivity index (χ4n) is 1.44. The first-order valence-electron chi connectivity index (χ1n) is 5.00. The number of nitrogens with zero attached hydrogens (tertiary/aromatic N) is 3. The Hall–Kier alpha value is -1.66. The van der Waals surface area contributed by atoms with Crippen LogP contribution in [0.5, 0.6) is 0 Å². The Morgan fingerprint density at radius 2 is 2.44 bits per heavy atom. The summed E-state index contributed by atoms with van der Waals surface area (Å²) >= 11 is 0. The fraction of sp³-hybridized carbons (Fsp3) is 0.400. The van der Waals surface area contributed by atoms with E-state index in [1.165, 1.54) is 0 Å². The predicted octanol–water partition coefficient (Wildman–Crippen LogP) is 0.148. The fourth-order valence-corrected chi connectivity index (χ4v) is 1.44. The lowest BCUT2D eigenvalue weighted by atomic mass is 10.3. The molecule has 0 aromatic carbocycles. The molecule has 0 aliphatic heterocycles. The van der Waals surface area contributed by atoms with Crippen molar-refractivity contribution in [1.82, 2.24) is 14.6 Å².